The molecule has 1 saturated carbocycles. The average molecular weight is 427 g/mol. The number of rotatable bonds is 4. The third kappa shape index (κ3) is 4.11. The van der Waals surface area contributed by atoms with E-state index in [2.05, 4.69) is 10.4 Å². The van der Waals surface area contributed by atoms with E-state index in [9.17, 15) is 9.59 Å². The van der Waals surface area contributed by atoms with Gasteiger partial charge in [-0.25, -0.2) is 14.2 Å². The molecule has 0 spiro atoms. The summed E-state index contributed by atoms with van der Waals surface area (Å²) in [4.78, 5) is 26.1. The van der Waals surface area contributed by atoms with Gasteiger partial charge in [0.05, 0.1) is 12.8 Å². The minimum absolute atomic E-state index is 0.0725. The van der Waals surface area contributed by atoms with Crippen LogP contribution in [0, 0.1) is 0 Å². The summed E-state index contributed by atoms with van der Waals surface area (Å²) < 4.78 is 7.53. The first-order valence-electron chi connectivity index (χ1n) is 10.00. The molecule has 7 nitrogen and oxygen atoms in total. The van der Waals surface area contributed by atoms with Gasteiger partial charge >= 0.3 is 11.7 Å². The maximum atomic E-state index is 13.2. The number of aromatic nitrogens is 3. The van der Waals surface area contributed by atoms with E-state index in [1.807, 2.05) is 0 Å². The Kier molecular flexibility index (Phi) is 5.90. The zero-order chi connectivity index (χ0) is 21.1. The lowest BCUT2D eigenvalue weighted by Crippen LogP contribution is -2.43. The van der Waals surface area contributed by atoms with Crippen molar-refractivity contribution < 1.29 is 9.53 Å². The molecule has 0 bridgehead atoms. The lowest BCUT2D eigenvalue weighted by Gasteiger charge is -2.22. The van der Waals surface area contributed by atoms with Gasteiger partial charge in [-0.05, 0) is 61.4 Å². The number of nitrogens with zero attached hydrogens (tertiary/aromatic N) is 3. The van der Waals surface area contributed by atoms with Gasteiger partial charge in [-0.2, -0.15) is 0 Å². The van der Waals surface area contributed by atoms with E-state index in [-0.39, 0.29) is 6.04 Å². The summed E-state index contributed by atoms with van der Waals surface area (Å²) in [5.74, 6) is 1.05. The summed E-state index contributed by atoms with van der Waals surface area (Å²) in [6.45, 7) is 0. The normalized spacial score (nSPS) is 14.5. The first-order valence-corrected chi connectivity index (χ1v) is 10.4. The molecule has 0 saturated heterocycles. The van der Waals surface area contributed by atoms with Gasteiger partial charge in [-0.3, -0.25) is 0 Å². The smallest absolute Gasteiger partial charge is 0.359 e. The molecule has 2 aromatic carbocycles. The van der Waals surface area contributed by atoms with Gasteiger partial charge < -0.3 is 10.1 Å². The fraction of sp³-hybridized carbons (Fsp3) is 0.318. The van der Waals surface area contributed by atoms with Crippen LogP contribution in [0.5, 0.6) is 5.75 Å². The molecule has 1 aliphatic rings. The predicted molar refractivity (Wildman–Crippen MR) is 116 cm³/mol. The van der Waals surface area contributed by atoms with Crippen molar-refractivity contribution in [2.75, 3.05) is 7.11 Å². The molecule has 30 heavy (non-hydrogen) atoms. The van der Waals surface area contributed by atoms with Crippen molar-refractivity contribution in [2.24, 2.45) is 0 Å². The van der Waals surface area contributed by atoms with Gasteiger partial charge in [-0.1, -0.05) is 30.9 Å². The summed E-state index contributed by atoms with van der Waals surface area (Å²) in [5, 5.41) is 7.89. The molecule has 0 aliphatic heterocycles. The number of halogens is 1. The van der Waals surface area contributed by atoms with Crippen molar-refractivity contribution >= 4 is 17.6 Å². The van der Waals surface area contributed by atoms with Crippen LogP contribution >= 0.6 is 11.6 Å². The number of nitrogens with one attached hydrogen (secondary N) is 1. The molecular weight excluding hydrogens is 404 g/mol. The number of ether oxygens (including phenoxy) is 1. The van der Waals surface area contributed by atoms with Crippen LogP contribution in [-0.4, -0.2) is 33.5 Å². The lowest BCUT2D eigenvalue weighted by molar-refractivity contribution is 0.230. The highest BCUT2D eigenvalue weighted by Gasteiger charge is 2.23. The lowest BCUT2D eigenvalue weighted by atomic mass is 9.96. The Bertz CT molecular complexity index is 1080. The minimum atomic E-state index is -0.531. The second-order valence-corrected chi connectivity index (χ2v) is 7.78. The minimum Gasteiger partial charge on any atom is -0.497 e. The molecule has 0 unspecified atom stereocenters. The van der Waals surface area contributed by atoms with Crippen LogP contribution < -0.4 is 15.7 Å². The number of hydrogen-bond donors (Lipinski definition) is 1. The second kappa shape index (κ2) is 8.75. The average Bonchev–Trinajstić information content (AvgIpc) is 3.12. The van der Waals surface area contributed by atoms with Gasteiger partial charge in [0.25, 0.3) is 0 Å². The van der Waals surface area contributed by atoms with E-state index < -0.39 is 11.7 Å². The Morgan fingerprint density at radius 3 is 2.37 bits per heavy atom. The van der Waals surface area contributed by atoms with Crippen LogP contribution in [0.25, 0.3) is 17.1 Å². The van der Waals surface area contributed by atoms with Crippen LogP contribution in [0.2, 0.25) is 5.02 Å². The van der Waals surface area contributed by atoms with E-state index in [1.165, 1.54) is 11.0 Å². The molecule has 8 heteroatoms. The van der Waals surface area contributed by atoms with Gasteiger partial charge in [0.2, 0.25) is 0 Å². The first kappa shape index (κ1) is 20.2. The Morgan fingerprint density at radius 2 is 1.73 bits per heavy atom. The number of benzene rings is 2. The zero-order valence-electron chi connectivity index (χ0n) is 16.7. The Balaban J connectivity index is 1.77. The summed E-state index contributed by atoms with van der Waals surface area (Å²) in [5.41, 5.74) is 0.732. The quantitative estimate of drug-likeness (QED) is 0.676. The van der Waals surface area contributed by atoms with Crippen molar-refractivity contribution in [3.63, 3.8) is 0 Å². The topological polar surface area (TPSA) is 78.2 Å². The molecule has 1 N–H and O–H groups in total. The van der Waals surface area contributed by atoms with Crippen LogP contribution in [-0.2, 0) is 0 Å². The number of hydrogen-bond acceptors (Lipinski definition) is 4. The molecule has 0 radical (unpaired) electrons. The van der Waals surface area contributed by atoms with Crippen LogP contribution in [0.4, 0.5) is 4.79 Å². The molecule has 1 aliphatic carbocycles. The fourth-order valence-corrected chi connectivity index (χ4v) is 3.86. The van der Waals surface area contributed by atoms with Gasteiger partial charge in [0, 0.05) is 16.6 Å². The molecule has 1 aromatic heterocycles. The number of carbonyl (C=O) groups excluding carboxylic acids is 1. The highest BCUT2D eigenvalue weighted by molar-refractivity contribution is 6.30. The van der Waals surface area contributed by atoms with Crippen molar-refractivity contribution in [1.82, 2.24) is 19.7 Å². The maximum absolute atomic E-state index is 13.2. The van der Waals surface area contributed by atoms with E-state index in [1.54, 1.807) is 55.6 Å². The maximum Gasteiger partial charge on any atom is 0.359 e. The standard InChI is InChI=1S/C22H23ClN4O3/c1-30-19-13-7-15(8-14-19)20-25-27(21(28)24-17-5-3-2-4-6-17)22(29)26(20)18-11-9-16(23)10-12-18/h7-14,17H,2-6H2,1H3,(H,24,28). The molecule has 1 heterocycles. The van der Waals surface area contributed by atoms with Crippen molar-refractivity contribution in [1.29, 1.82) is 0 Å². The third-order valence-corrected chi connectivity index (χ3v) is 5.59. The van der Waals surface area contributed by atoms with E-state index in [4.69, 9.17) is 16.3 Å². The predicted octanol–water partition coefficient (Wildman–Crippen LogP) is 4.25. The van der Waals surface area contributed by atoms with Crippen molar-refractivity contribution in [3.8, 4) is 22.8 Å². The molecule has 3 aromatic rings. The second-order valence-electron chi connectivity index (χ2n) is 7.34. The van der Waals surface area contributed by atoms with Gasteiger partial charge in [-0.15, -0.1) is 9.78 Å². The molecular formula is C22H23ClN4O3. The summed E-state index contributed by atoms with van der Waals surface area (Å²) in [6.07, 6.45) is 5.18. The molecule has 4 rings (SSSR count). The monoisotopic (exact) mass is 426 g/mol. The Labute approximate surface area is 179 Å². The highest BCUT2D eigenvalue weighted by Crippen LogP contribution is 2.23. The summed E-state index contributed by atoms with van der Waals surface area (Å²) in [6, 6.07) is 13.6. The van der Waals surface area contributed by atoms with Crippen LogP contribution in [0.15, 0.2) is 53.3 Å². The number of amides is 1. The molecule has 1 amide bonds. The van der Waals surface area contributed by atoms with E-state index in [0.717, 1.165) is 30.4 Å². The van der Waals surface area contributed by atoms with Crippen LogP contribution in [0.1, 0.15) is 32.1 Å². The largest absolute Gasteiger partial charge is 0.497 e. The number of carbonyl (C=O) groups is 1. The summed E-state index contributed by atoms with van der Waals surface area (Å²) in [7, 11) is 1.59. The van der Waals surface area contributed by atoms with E-state index in [0.29, 0.717) is 27.8 Å². The van der Waals surface area contributed by atoms with E-state index >= 15 is 0 Å². The third-order valence-electron chi connectivity index (χ3n) is 5.34. The SMILES string of the molecule is COc1ccc(-c2nn(C(=O)NC3CCCCC3)c(=O)n2-c2ccc(Cl)cc2)cc1. The highest BCUT2D eigenvalue weighted by atomic mass is 35.5. The summed E-state index contributed by atoms with van der Waals surface area (Å²) >= 11 is 6.01. The fourth-order valence-electron chi connectivity index (χ4n) is 3.73. The molecule has 1 fully saturated rings. The first-order chi connectivity index (χ1) is 14.6. The van der Waals surface area contributed by atoms with Crippen molar-refractivity contribution in [2.45, 2.75) is 38.1 Å². The molecule has 156 valence electrons. The zero-order valence-corrected chi connectivity index (χ0v) is 17.4. The Hall–Kier alpha value is -3.06. The van der Waals surface area contributed by atoms with Gasteiger partial charge in [0.1, 0.15) is 5.75 Å². The Morgan fingerprint density at radius 1 is 1.07 bits per heavy atom. The van der Waals surface area contributed by atoms with Crippen molar-refractivity contribution in [3.05, 3.63) is 64.0 Å². The molecule has 0 atom stereocenters. The number of methoxy groups -OCH3 is 1. The van der Waals surface area contributed by atoms with Gasteiger partial charge in [0.15, 0.2) is 5.82 Å². The van der Waals surface area contributed by atoms with Crippen LogP contribution in [0.3, 0.4) is 0 Å².